The highest BCUT2D eigenvalue weighted by Gasteiger charge is 2.26. The molecule has 1 N–H and O–H groups in total. The Morgan fingerprint density at radius 2 is 2.09 bits per heavy atom. The van der Waals surface area contributed by atoms with Crippen molar-refractivity contribution in [2.75, 3.05) is 30.0 Å². The summed E-state index contributed by atoms with van der Waals surface area (Å²) in [6.07, 6.45) is 2.84. The van der Waals surface area contributed by atoms with Crippen LogP contribution in [-0.2, 0) is 11.2 Å². The molecule has 120 valence electrons. The molecule has 0 spiro atoms. The van der Waals surface area contributed by atoms with Crippen LogP contribution < -0.4 is 10.2 Å². The molecule has 1 saturated heterocycles. The van der Waals surface area contributed by atoms with Crippen LogP contribution in [0.4, 0.5) is 15.6 Å². The van der Waals surface area contributed by atoms with E-state index in [-0.39, 0.29) is 6.03 Å². The van der Waals surface area contributed by atoms with Crippen LogP contribution in [0, 0.1) is 0 Å². The van der Waals surface area contributed by atoms with Crippen LogP contribution in [-0.4, -0.2) is 36.0 Å². The zero-order valence-corrected chi connectivity index (χ0v) is 13.5. The monoisotopic (exact) mass is 330 g/mol. The van der Waals surface area contributed by atoms with Gasteiger partial charge in [-0.15, -0.1) is 10.2 Å². The predicted molar refractivity (Wildman–Crippen MR) is 89.2 cm³/mol. The molecule has 7 heteroatoms. The van der Waals surface area contributed by atoms with E-state index in [9.17, 15) is 4.79 Å². The Morgan fingerprint density at radius 1 is 1.26 bits per heavy atom. The minimum absolute atomic E-state index is 0.135. The van der Waals surface area contributed by atoms with Gasteiger partial charge in [0.1, 0.15) is 5.01 Å². The summed E-state index contributed by atoms with van der Waals surface area (Å²) >= 11 is 1.47. The first-order chi connectivity index (χ1) is 11.3. The van der Waals surface area contributed by atoms with Crippen molar-refractivity contribution in [2.45, 2.75) is 25.2 Å². The maximum Gasteiger partial charge on any atom is 0.328 e. The van der Waals surface area contributed by atoms with Gasteiger partial charge in [-0.25, -0.2) is 4.79 Å². The number of anilines is 2. The van der Waals surface area contributed by atoms with Gasteiger partial charge in [0.15, 0.2) is 0 Å². The fourth-order valence-electron chi connectivity index (χ4n) is 3.10. The number of carbonyl (C=O) groups is 1. The second-order valence-electron chi connectivity index (χ2n) is 5.79. The zero-order valence-electron chi connectivity index (χ0n) is 12.7. The van der Waals surface area contributed by atoms with Crippen molar-refractivity contribution in [1.29, 1.82) is 0 Å². The average Bonchev–Trinajstić information content (AvgIpc) is 3.22. The number of hydrogen-bond acceptors (Lipinski definition) is 5. The number of urea groups is 1. The van der Waals surface area contributed by atoms with Gasteiger partial charge in [0.05, 0.1) is 0 Å². The molecule has 2 aromatic rings. The zero-order chi connectivity index (χ0) is 15.6. The van der Waals surface area contributed by atoms with Crippen molar-refractivity contribution in [3.05, 3.63) is 34.8 Å². The van der Waals surface area contributed by atoms with Crippen LogP contribution in [0.15, 0.2) is 24.3 Å². The van der Waals surface area contributed by atoms with Gasteiger partial charge in [0, 0.05) is 31.4 Å². The molecule has 2 amide bonds. The Hall–Kier alpha value is -1.99. The first kappa shape index (κ1) is 14.6. The van der Waals surface area contributed by atoms with Gasteiger partial charge < -0.3 is 4.74 Å². The number of nitrogens with zero attached hydrogens (tertiary/aromatic N) is 3. The number of carbonyl (C=O) groups excluding carboxylic acids is 1. The molecular formula is C16H18N4O2S. The van der Waals surface area contributed by atoms with Gasteiger partial charge in [-0.05, 0) is 30.9 Å². The maximum absolute atomic E-state index is 12.5. The summed E-state index contributed by atoms with van der Waals surface area (Å²) in [5.41, 5.74) is 2.20. The normalized spacial score (nSPS) is 18.0. The molecule has 0 bridgehead atoms. The van der Waals surface area contributed by atoms with Crippen molar-refractivity contribution in [1.82, 2.24) is 10.2 Å². The molecular weight excluding hydrogens is 312 g/mol. The molecule has 0 atom stereocenters. The highest BCUT2D eigenvalue weighted by atomic mass is 32.1. The third-order valence-corrected chi connectivity index (χ3v) is 5.36. The second-order valence-corrected chi connectivity index (χ2v) is 6.80. The van der Waals surface area contributed by atoms with Gasteiger partial charge >= 0.3 is 6.03 Å². The lowest BCUT2D eigenvalue weighted by molar-refractivity contribution is 0.0851. The maximum atomic E-state index is 12.5. The highest BCUT2D eigenvalue weighted by Crippen LogP contribution is 2.32. The Kier molecular flexibility index (Phi) is 3.97. The molecule has 0 aliphatic carbocycles. The molecule has 3 heterocycles. The topological polar surface area (TPSA) is 67.3 Å². The molecule has 1 aromatic heterocycles. The summed E-state index contributed by atoms with van der Waals surface area (Å²) in [6, 6.07) is 7.88. The smallest absolute Gasteiger partial charge is 0.328 e. The lowest BCUT2D eigenvalue weighted by Gasteiger charge is -2.19. The van der Waals surface area contributed by atoms with Gasteiger partial charge in [0.25, 0.3) is 0 Å². The summed E-state index contributed by atoms with van der Waals surface area (Å²) in [6.45, 7) is 2.25. The van der Waals surface area contributed by atoms with E-state index in [1.807, 2.05) is 18.2 Å². The van der Waals surface area contributed by atoms with Gasteiger partial charge in [-0.1, -0.05) is 29.5 Å². The van der Waals surface area contributed by atoms with Crippen LogP contribution in [0.1, 0.15) is 29.3 Å². The minimum Gasteiger partial charge on any atom is -0.381 e. The van der Waals surface area contributed by atoms with E-state index in [0.717, 1.165) is 43.2 Å². The van der Waals surface area contributed by atoms with Gasteiger partial charge in [0.2, 0.25) is 5.13 Å². The second kappa shape index (κ2) is 6.25. The van der Waals surface area contributed by atoms with Crippen molar-refractivity contribution in [3.8, 4) is 0 Å². The molecule has 1 fully saturated rings. The van der Waals surface area contributed by atoms with Crippen molar-refractivity contribution in [2.24, 2.45) is 0 Å². The lowest BCUT2D eigenvalue weighted by atomic mass is 10.0. The molecule has 1 aromatic carbocycles. The van der Waals surface area contributed by atoms with E-state index in [2.05, 4.69) is 21.6 Å². The standard InChI is InChI=1S/C16H18N4O2S/c21-16(20-8-5-11-3-1-2-4-13(11)20)17-15-19-18-14(23-15)12-6-9-22-10-7-12/h1-4,12H,5-10H2,(H,17,19,21). The summed E-state index contributed by atoms with van der Waals surface area (Å²) in [5.74, 6) is 0.402. The molecule has 23 heavy (non-hydrogen) atoms. The van der Waals surface area contributed by atoms with Crippen molar-refractivity contribution >= 4 is 28.2 Å². The molecule has 0 radical (unpaired) electrons. The SMILES string of the molecule is O=C(Nc1nnc(C2CCOCC2)s1)N1CCc2ccccc21. The number of para-hydroxylation sites is 1. The van der Waals surface area contributed by atoms with E-state index in [0.29, 0.717) is 17.6 Å². The van der Waals surface area contributed by atoms with E-state index in [1.54, 1.807) is 4.90 Å². The highest BCUT2D eigenvalue weighted by molar-refractivity contribution is 7.15. The molecule has 2 aliphatic heterocycles. The van der Waals surface area contributed by atoms with E-state index in [4.69, 9.17) is 4.74 Å². The number of hydrogen-bond donors (Lipinski definition) is 1. The summed E-state index contributed by atoms with van der Waals surface area (Å²) < 4.78 is 5.37. The Balaban J connectivity index is 1.44. The number of nitrogens with one attached hydrogen (secondary N) is 1. The number of amides is 2. The fourth-order valence-corrected chi connectivity index (χ4v) is 4.00. The van der Waals surface area contributed by atoms with E-state index < -0.39 is 0 Å². The van der Waals surface area contributed by atoms with Crippen LogP contribution >= 0.6 is 11.3 Å². The van der Waals surface area contributed by atoms with Gasteiger partial charge in [-0.3, -0.25) is 10.2 Å². The minimum atomic E-state index is -0.135. The largest absolute Gasteiger partial charge is 0.381 e. The Labute approximate surface area is 138 Å². The number of rotatable bonds is 2. The van der Waals surface area contributed by atoms with E-state index >= 15 is 0 Å². The first-order valence-electron chi connectivity index (χ1n) is 7.89. The van der Waals surface area contributed by atoms with Crippen LogP contribution in [0.5, 0.6) is 0 Å². The molecule has 0 saturated carbocycles. The Bertz CT molecular complexity index is 712. The average molecular weight is 330 g/mol. The molecule has 6 nitrogen and oxygen atoms in total. The number of benzene rings is 1. The van der Waals surface area contributed by atoms with Crippen molar-refractivity contribution in [3.63, 3.8) is 0 Å². The summed E-state index contributed by atoms with van der Waals surface area (Å²) in [4.78, 5) is 14.3. The third kappa shape index (κ3) is 2.94. The third-order valence-electron chi connectivity index (χ3n) is 4.36. The van der Waals surface area contributed by atoms with Crippen LogP contribution in [0.3, 0.4) is 0 Å². The first-order valence-corrected chi connectivity index (χ1v) is 8.70. The van der Waals surface area contributed by atoms with Crippen LogP contribution in [0.25, 0.3) is 0 Å². The molecule has 4 rings (SSSR count). The predicted octanol–water partition coefficient (Wildman–Crippen LogP) is 3.03. The fraction of sp³-hybridized carbons (Fsp3) is 0.438. The van der Waals surface area contributed by atoms with E-state index in [1.165, 1.54) is 16.9 Å². The van der Waals surface area contributed by atoms with Gasteiger partial charge in [-0.2, -0.15) is 0 Å². The summed E-state index contributed by atoms with van der Waals surface area (Å²) in [7, 11) is 0. The molecule has 0 unspecified atom stereocenters. The number of ether oxygens (including phenoxy) is 1. The number of aromatic nitrogens is 2. The lowest BCUT2D eigenvalue weighted by Crippen LogP contribution is -2.33. The Morgan fingerprint density at radius 3 is 2.96 bits per heavy atom. The quantitative estimate of drug-likeness (QED) is 0.919. The van der Waals surface area contributed by atoms with Crippen LogP contribution in [0.2, 0.25) is 0 Å². The van der Waals surface area contributed by atoms with Crippen molar-refractivity contribution < 1.29 is 9.53 Å². The number of fused-ring (bicyclic) bond motifs is 1. The summed E-state index contributed by atoms with van der Waals surface area (Å²) in [5, 5.41) is 12.8. The molecule has 2 aliphatic rings.